The SMILES string of the molecule is Cc1ccc(-c2nc(SCC(=O)NC(C)c3ccco3)n[nH]2)cc1. The fourth-order valence-corrected chi connectivity index (χ4v) is 2.78. The predicted octanol–water partition coefficient (Wildman–Crippen LogP) is 3.34. The highest BCUT2D eigenvalue weighted by Gasteiger charge is 2.13. The molecule has 1 amide bonds. The first-order valence-corrected chi connectivity index (χ1v) is 8.55. The van der Waals surface area contributed by atoms with E-state index in [1.165, 1.54) is 17.3 Å². The number of furan rings is 1. The van der Waals surface area contributed by atoms with E-state index >= 15 is 0 Å². The van der Waals surface area contributed by atoms with E-state index in [-0.39, 0.29) is 17.7 Å². The van der Waals surface area contributed by atoms with Crippen LogP contribution in [0.15, 0.2) is 52.2 Å². The summed E-state index contributed by atoms with van der Waals surface area (Å²) >= 11 is 1.29. The Morgan fingerprint density at radius 1 is 1.33 bits per heavy atom. The lowest BCUT2D eigenvalue weighted by Crippen LogP contribution is -2.27. The number of carbonyl (C=O) groups excluding carboxylic acids is 1. The molecule has 0 aliphatic heterocycles. The van der Waals surface area contributed by atoms with E-state index in [9.17, 15) is 4.79 Å². The Morgan fingerprint density at radius 3 is 2.83 bits per heavy atom. The maximum Gasteiger partial charge on any atom is 0.231 e. The van der Waals surface area contributed by atoms with Gasteiger partial charge in [-0.25, -0.2) is 4.98 Å². The van der Waals surface area contributed by atoms with Crippen molar-refractivity contribution in [2.75, 3.05) is 5.75 Å². The second-order valence-electron chi connectivity index (χ2n) is 5.43. The Bertz CT molecular complexity index is 796. The lowest BCUT2D eigenvalue weighted by molar-refractivity contribution is -0.119. The topological polar surface area (TPSA) is 83.8 Å². The van der Waals surface area contributed by atoms with Gasteiger partial charge in [0.05, 0.1) is 18.1 Å². The minimum absolute atomic E-state index is 0.0921. The zero-order valence-corrected chi connectivity index (χ0v) is 14.3. The van der Waals surface area contributed by atoms with Gasteiger partial charge in [-0.1, -0.05) is 41.6 Å². The number of nitrogens with zero attached hydrogens (tertiary/aromatic N) is 2. The molecular formula is C17H18N4O2S. The van der Waals surface area contributed by atoms with Crippen LogP contribution in [0.2, 0.25) is 0 Å². The van der Waals surface area contributed by atoms with Crippen molar-refractivity contribution in [1.82, 2.24) is 20.5 Å². The van der Waals surface area contributed by atoms with Crippen LogP contribution in [0, 0.1) is 6.92 Å². The molecular weight excluding hydrogens is 324 g/mol. The highest BCUT2D eigenvalue weighted by Crippen LogP contribution is 2.20. The summed E-state index contributed by atoms with van der Waals surface area (Å²) in [4.78, 5) is 16.4. The molecule has 6 nitrogen and oxygen atoms in total. The highest BCUT2D eigenvalue weighted by molar-refractivity contribution is 7.99. The van der Waals surface area contributed by atoms with Gasteiger partial charge >= 0.3 is 0 Å². The van der Waals surface area contributed by atoms with Crippen molar-refractivity contribution >= 4 is 17.7 Å². The van der Waals surface area contributed by atoms with E-state index in [4.69, 9.17) is 4.42 Å². The van der Waals surface area contributed by atoms with Crippen LogP contribution in [0.4, 0.5) is 0 Å². The number of thioether (sulfide) groups is 1. The number of nitrogens with one attached hydrogen (secondary N) is 2. The first-order valence-electron chi connectivity index (χ1n) is 7.57. The van der Waals surface area contributed by atoms with Gasteiger partial charge in [0, 0.05) is 5.56 Å². The maximum absolute atomic E-state index is 12.0. The van der Waals surface area contributed by atoms with Gasteiger partial charge in [-0.3, -0.25) is 9.89 Å². The molecule has 24 heavy (non-hydrogen) atoms. The van der Waals surface area contributed by atoms with Crippen LogP contribution in [-0.2, 0) is 4.79 Å². The summed E-state index contributed by atoms with van der Waals surface area (Å²) in [6.07, 6.45) is 1.59. The standard InChI is InChI=1S/C17H18N4O2S/c1-11-5-7-13(8-6-11)16-19-17(21-20-16)24-10-15(22)18-12(2)14-4-3-9-23-14/h3-9,12H,10H2,1-2H3,(H,18,22)(H,19,20,21). The zero-order valence-electron chi connectivity index (χ0n) is 13.4. The molecule has 0 aliphatic rings. The van der Waals surface area contributed by atoms with Gasteiger partial charge in [-0.05, 0) is 26.0 Å². The minimum Gasteiger partial charge on any atom is -0.467 e. The van der Waals surface area contributed by atoms with Crippen LogP contribution in [0.5, 0.6) is 0 Å². The van der Waals surface area contributed by atoms with E-state index in [1.54, 1.807) is 12.3 Å². The fourth-order valence-electron chi connectivity index (χ4n) is 2.17. The van der Waals surface area contributed by atoms with E-state index in [0.717, 1.165) is 11.3 Å². The Hall–Kier alpha value is -2.54. The normalized spacial score (nSPS) is 12.1. The van der Waals surface area contributed by atoms with E-state index in [1.807, 2.05) is 44.2 Å². The Kier molecular flexibility index (Phi) is 5.00. The zero-order chi connectivity index (χ0) is 16.9. The Morgan fingerprint density at radius 2 is 2.12 bits per heavy atom. The second-order valence-corrected chi connectivity index (χ2v) is 6.37. The number of hydrogen-bond acceptors (Lipinski definition) is 5. The quantitative estimate of drug-likeness (QED) is 0.671. The minimum atomic E-state index is -0.164. The van der Waals surface area contributed by atoms with Crippen molar-refractivity contribution in [1.29, 1.82) is 0 Å². The molecule has 2 N–H and O–H groups in total. The summed E-state index contributed by atoms with van der Waals surface area (Å²) in [6.45, 7) is 3.91. The monoisotopic (exact) mass is 342 g/mol. The van der Waals surface area contributed by atoms with Crippen molar-refractivity contribution < 1.29 is 9.21 Å². The summed E-state index contributed by atoms with van der Waals surface area (Å²) in [7, 11) is 0. The molecule has 124 valence electrons. The summed E-state index contributed by atoms with van der Waals surface area (Å²) < 4.78 is 5.27. The van der Waals surface area contributed by atoms with Crippen molar-refractivity contribution in [3.63, 3.8) is 0 Å². The number of amides is 1. The van der Waals surface area contributed by atoms with Crippen LogP contribution in [-0.4, -0.2) is 26.8 Å². The third-order valence-electron chi connectivity index (χ3n) is 3.47. The lowest BCUT2D eigenvalue weighted by atomic mass is 10.1. The summed E-state index contributed by atoms with van der Waals surface area (Å²) in [5.41, 5.74) is 2.16. The molecule has 0 saturated carbocycles. The number of aryl methyl sites for hydroxylation is 1. The van der Waals surface area contributed by atoms with Crippen LogP contribution in [0.25, 0.3) is 11.4 Å². The average molecular weight is 342 g/mol. The molecule has 0 aliphatic carbocycles. The number of benzene rings is 1. The largest absolute Gasteiger partial charge is 0.467 e. The predicted molar refractivity (Wildman–Crippen MR) is 92.5 cm³/mol. The van der Waals surface area contributed by atoms with Crippen LogP contribution in [0.3, 0.4) is 0 Å². The summed E-state index contributed by atoms with van der Waals surface area (Å²) in [5.74, 6) is 1.58. The van der Waals surface area contributed by atoms with E-state index in [0.29, 0.717) is 11.0 Å². The Labute approximate surface area is 144 Å². The van der Waals surface area contributed by atoms with E-state index in [2.05, 4.69) is 20.5 Å². The first-order chi connectivity index (χ1) is 11.6. The summed E-state index contributed by atoms with van der Waals surface area (Å²) in [5, 5.41) is 10.5. The molecule has 0 bridgehead atoms. The lowest BCUT2D eigenvalue weighted by Gasteiger charge is -2.10. The van der Waals surface area contributed by atoms with Gasteiger partial charge in [-0.2, -0.15) is 0 Å². The number of aromatic nitrogens is 3. The van der Waals surface area contributed by atoms with Crippen LogP contribution < -0.4 is 5.32 Å². The molecule has 2 heterocycles. The molecule has 3 rings (SSSR count). The molecule has 2 aromatic heterocycles. The summed E-state index contributed by atoms with van der Waals surface area (Å²) in [6, 6.07) is 11.5. The van der Waals surface area contributed by atoms with Crippen molar-refractivity contribution in [3.8, 4) is 11.4 Å². The Balaban J connectivity index is 1.53. The number of H-pyrrole nitrogens is 1. The van der Waals surface area contributed by atoms with Crippen molar-refractivity contribution in [3.05, 3.63) is 54.0 Å². The first kappa shape index (κ1) is 16.3. The van der Waals surface area contributed by atoms with Crippen molar-refractivity contribution in [2.24, 2.45) is 0 Å². The number of hydrogen-bond donors (Lipinski definition) is 2. The number of carbonyl (C=O) groups is 1. The molecule has 1 unspecified atom stereocenters. The van der Waals surface area contributed by atoms with Gasteiger partial charge < -0.3 is 9.73 Å². The van der Waals surface area contributed by atoms with Crippen molar-refractivity contribution in [2.45, 2.75) is 25.0 Å². The second kappa shape index (κ2) is 7.35. The number of rotatable bonds is 6. The third-order valence-corrected chi connectivity index (χ3v) is 4.32. The molecule has 0 spiro atoms. The van der Waals surface area contributed by atoms with Gasteiger partial charge in [-0.15, -0.1) is 5.10 Å². The highest BCUT2D eigenvalue weighted by atomic mass is 32.2. The average Bonchev–Trinajstić information content (AvgIpc) is 3.25. The molecule has 1 aromatic carbocycles. The van der Waals surface area contributed by atoms with Crippen LogP contribution in [0.1, 0.15) is 24.3 Å². The van der Waals surface area contributed by atoms with E-state index < -0.39 is 0 Å². The van der Waals surface area contributed by atoms with Gasteiger partial charge in [0.15, 0.2) is 5.82 Å². The smallest absolute Gasteiger partial charge is 0.231 e. The fraction of sp³-hybridized carbons (Fsp3) is 0.235. The maximum atomic E-state index is 12.0. The van der Waals surface area contributed by atoms with Crippen LogP contribution >= 0.6 is 11.8 Å². The van der Waals surface area contributed by atoms with Gasteiger partial charge in [0.1, 0.15) is 5.76 Å². The third kappa shape index (κ3) is 4.05. The molecule has 0 saturated heterocycles. The molecule has 3 aromatic rings. The number of aromatic amines is 1. The molecule has 1 atom stereocenters. The van der Waals surface area contributed by atoms with Gasteiger partial charge in [0.2, 0.25) is 11.1 Å². The molecule has 7 heteroatoms. The van der Waals surface area contributed by atoms with Gasteiger partial charge in [0.25, 0.3) is 0 Å². The molecule has 0 fully saturated rings. The molecule has 0 radical (unpaired) electrons.